The normalized spacial score (nSPS) is 18.0. The monoisotopic (exact) mass is 303 g/mol. The van der Waals surface area contributed by atoms with Crippen LogP contribution in [0.15, 0.2) is 42.5 Å². The minimum absolute atomic E-state index is 0.0195. The number of rotatable bonds is 4. The fourth-order valence-electron chi connectivity index (χ4n) is 2.88. The van der Waals surface area contributed by atoms with Crippen LogP contribution < -0.4 is 14.8 Å². The van der Waals surface area contributed by atoms with Gasteiger partial charge in [-0.25, -0.2) is 0 Å². The van der Waals surface area contributed by atoms with E-state index >= 15 is 0 Å². The molecule has 4 heteroatoms. The molecule has 0 aliphatic carbocycles. The van der Waals surface area contributed by atoms with E-state index in [1.54, 1.807) is 7.11 Å². The first kappa shape index (κ1) is 14.2. The summed E-state index contributed by atoms with van der Waals surface area (Å²) >= 11 is 6.15. The number of nitrogens with one attached hydrogen (secondary N) is 1. The molecule has 2 unspecified atom stereocenters. The van der Waals surface area contributed by atoms with E-state index in [1.807, 2.05) is 43.4 Å². The van der Waals surface area contributed by atoms with Gasteiger partial charge in [0.05, 0.1) is 13.2 Å². The first-order valence-electron chi connectivity index (χ1n) is 6.98. The highest BCUT2D eigenvalue weighted by atomic mass is 35.5. The predicted octanol–water partition coefficient (Wildman–Crippen LogP) is 3.61. The van der Waals surface area contributed by atoms with Crippen LogP contribution in [0.25, 0.3) is 0 Å². The lowest BCUT2D eigenvalue weighted by atomic mass is 9.97. The Morgan fingerprint density at radius 2 is 2.10 bits per heavy atom. The van der Waals surface area contributed by atoms with Gasteiger partial charge in [0, 0.05) is 17.0 Å². The third-order valence-electron chi connectivity index (χ3n) is 3.88. The Labute approximate surface area is 129 Å². The molecular formula is C17H18ClNO2. The number of hydrogen-bond donors (Lipinski definition) is 1. The third-order valence-corrected chi connectivity index (χ3v) is 4.12. The van der Waals surface area contributed by atoms with Crippen LogP contribution in [0.5, 0.6) is 11.5 Å². The van der Waals surface area contributed by atoms with Gasteiger partial charge in [0.2, 0.25) is 0 Å². The highest BCUT2D eigenvalue weighted by Crippen LogP contribution is 2.37. The predicted molar refractivity (Wildman–Crippen MR) is 84.4 cm³/mol. The number of para-hydroxylation sites is 1. The summed E-state index contributed by atoms with van der Waals surface area (Å²) in [5.74, 6) is 1.78. The summed E-state index contributed by atoms with van der Waals surface area (Å²) in [5, 5.41) is 4.03. The van der Waals surface area contributed by atoms with Crippen LogP contribution in [0.2, 0.25) is 5.02 Å². The highest BCUT2D eigenvalue weighted by molar-refractivity contribution is 6.30. The lowest BCUT2D eigenvalue weighted by Gasteiger charge is -2.25. The zero-order valence-corrected chi connectivity index (χ0v) is 12.9. The van der Waals surface area contributed by atoms with Crippen molar-refractivity contribution in [2.24, 2.45) is 0 Å². The smallest absolute Gasteiger partial charge is 0.123 e. The van der Waals surface area contributed by atoms with Gasteiger partial charge in [-0.2, -0.15) is 0 Å². The number of hydrogen-bond acceptors (Lipinski definition) is 3. The largest absolute Gasteiger partial charge is 0.496 e. The van der Waals surface area contributed by atoms with Crippen LogP contribution in [0.1, 0.15) is 17.2 Å². The van der Waals surface area contributed by atoms with Gasteiger partial charge in [0.1, 0.15) is 17.6 Å². The summed E-state index contributed by atoms with van der Waals surface area (Å²) in [5.41, 5.74) is 2.26. The summed E-state index contributed by atoms with van der Waals surface area (Å²) in [6.45, 7) is 0. The summed E-state index contributed by atoms with van der Waals surface area (Å²) in [4.78, 5) is 0. The molecule has 0 aromatic heterocycles. The van der Waals surface area contributed by atoms with Crippen LogP contribution in [0, 0.1) is 0 Å². The summed E-state index contributed by atoms with van der Waals surface area (Å²) in [6.07, 6.45) is 0.900. The third kappa shape index (κ3) is 2.71. The molecule has 1 aliphatic rings. The van der Waals surface area contributed by atoms with Crippen molar-refractivity contribution in [3.05, 3.63) is 58.6 Å². The molecule has 3 rings (SSSR count). The second-order valence-electron chi connectivity index (χ2n) is 5.12. The molecule has 0 saturated heterocycles. The topological polar surface area (TPSA) is 30.5 Å². The zero-order valence-electron chi connectivity index (χ0n) is 12.1. The van der Waals surface area contributed by atoms with Crippen LogP contribution in [0.3, 0.4) is 0 Å². The molecule has 0 amide bonds. The standard InChI is InChI=1S/C17H18ClNO2/c1-19-17(13-10-12(18)7-8-15(13)20-2)16-9-11-5-3-4-6-14(11)21-16/h3-8,10,16-17,19H,9H2,1-2H3. The van der Waals surface area contributed by atoms with E-state index in [9.17, 15) is 0 Å². The molecule has 0 fully saturated rings. The number of fused-ring (bicyclic) bond motifs is 1. The number of methoxy groups -OCH3 is 1. The van der Waals surface area contributed by atoms with E-state index in [0.29, 0.717) is 5.02 Å². The minimum Gasteiger partial charge on any atom is -0.496 e. The maximum atomic E-state index is 6.15. The molecule has 0 saturated carbocycles. The minimum atomic E-state index is 0.0195. The van der Waals surface area contributed by atoms with Gasteiger partial charge in [-0.15, -0.1) is 0 Å². The number of halogens is 1. The van der Waals surface area contributed by atoms with E-state index in [-0.39, 0.29) is 12.1 Å². The van der Waals surface area contributed by atoms with Crippen molar-refractivity contribution >= 4 is 11.6 Å². The van der Waals surface area contributed by atoms with E-state index in [4.69, 9.17) is 21.1 Å². The maximum Gasteiger partial charge on any atom is 0.123 e. The van der Waals surface area contributed by atoms with Crippen LogP contribution in [0.4, 0.5) is 0 Å². The van der Waals surface area contributed by atoms with E-state index in [2.05, 4.69) is 11.4 Å². The second-order valence-corrected chi connectivity index (χ2v) is 5.56. The molecule has 1 aliphatic heterocycles. The van der Waals surface area contributed by atoms with E-state index in [1.165, 1.54) is 5.56 Å². The molecular weight excluding hydrogens is 286 g/mol. The molecule has 2 aromatic carbocycles. The van der Waals surface area contributed by atoms with Gasteiger partial charge in [0.25, 0.3) is 0 Å². The molecule has 0 bridgehead atoms. The molecule has 2 atom stereocenters. The van der Waals surface area contributed by atoms with Gasteiger partial charge >= 0.3 is 0 Å². The van der Waals surface area contributed by atoms with Gasteiger partial charge in [-0.3, -0.25) is 0 Å². The summed E-state index contributed by atoms with van der Waals surface area (Å²) < 4.78 is 11.6. The average molecular weight is 304 g/mol. The second kappa shape index (κ2) is 5.96. The molecule has 0 spiro atoms. The fraction of sp³-hybridized carbons (Fsp3) is 0.294. The Kier molecular flexibility index (Phi) is 4.04. The van der Waals surface area contributed by atoms with Crippen LogP contribution in [-0.2, 0) is 6.42 Å². The molecule has 0 radical (unpaired) electrons. The lowest BCUT2D eigenvalue weighted by molar-refractivity contribution is 0.181. The Balaban J connectivity index is 1.92. The SMILES string of the molecule is CNC(c1cc(Cl)ccc1OC)C1Cc2ccccc2O1. The van der Waals surface area contributed by atoms with Crippen molar-refractivity contribution in [2.75, 3.05) is 14.2 Å². The van der Waals surface area contributed by atoms with Crippen LogP contribution >= 0.6 is 11.6 Å². The Morgan fingerprint density at radius 1 is 1.29 bits per heavy atom. The molecule has 21 heavy (non-hydrogen) atoms. The molecule has 1 heterocycles. The van der Waals surface area contributed by atoms with Crippen molar-refractivity contribution < 1.29 is 9.47 Å². The lowest BCUT2D eigenvalue weighted by Crippen LogP contribution is -2.33. The number of ether oxygens (including phenoxy) is 2. The van der Waals surface area contributed by atoms with Crippen molar-refractivity contribution in [3.8, 4) is 11.5 Å². The average Bonchev–Trinajstić information content (AvgIpc) is 2.92. The highest BCUT2D eigenvalue weighted by Gasteiger charge is 2.32. The first-order chi connectivity index (χ1) is 10.2. The van der Waals surface area contributed by atoms with Gasteiger partial charge < -0.3 is 14.8 Å². The number of benzene rings is 2. The Bertz CT molecular complexity index is 619. The van der Waals surface area contributed by atoms with E-state index in [0.717, 1.165) is 23.5 Å². The van der Waals surface area contributed by atoms with Crippen molar-refractivity contribution in [1.82, 2.24) is 5.32 Å². The molecule has 110 valence electrons. The van der Waals surface area contributed by atoms with E-state index < -0.39 is 0 Å². The number of likely N-dealkylation sites (N-methyl/N-ethyl adjacent to an activating group) is 1. The van der Waals surface area contributed by atoms with Gasteiger partial charge in [0.15, 0.2) is 0 Å². The van der Waals surface area contributed by atoms with Gasteiger partial charge in [-0.1, -0.05) is 29.8 Å². The van der Waals surface area contributed by atoms with Gasteiger partial charge in [-0.05, 0) is 36.9 Å². The summed E-state index contributed by atoms with van der Waals surface area (Å²) in [6, 6.07) is 13.8. The zero-order chi connectivity index (χ0) is 14.8. The first-order valence-corrected chi connectivity index (χ1v) is 7.36. The maximum absolute atomic E-state index is 6.15. The Hall–Kier alpha value is -1.71. The Morgan fingerprint density at radius 3 is 2.81 bits per heavy atom. The van der Waals surface area contributed by atoms with Crippen molar-refractivity contribution in [3.63, 3.8) is 0 Å². The quantitative estimate of drug-likeness (QED) is 0.936. The fourth-order valence-corrected chi connectivity index (χ4v) is 3.07. The van der Waals surface area contributed by atoms with Crippen LogP contribution in [-0.4, -0.2) is 20.3 Å². The van der Waals surface area contributed by atoms with Crippen molar-refractivity contribution in [2.45, 2.75) is 18.6 Å². The summed E-state index contributed by atoms with van der Waals surface area (Å²) in [7, 11) is 3.60. The molecule has 2 aromatic rings. The molecule has 1 N–H and O–H groups in total. The van der Waals surface area contributed by atoms with Crippen molar-refractivity contribution in [1.29, 1.82) is 0 Å². The molecule has 3 nitrogen and oxygen atoms in total.